The quantitative estimate of drug-likeness (QED) is 0.515. The van der Waals surface area contributed by atoms with Gasteiger partial charge in [0, 0.05) is 26.0 Å². The minimum Gasteiger partial charge on any atom is -0.325 e. The predicted octanol–water partition coefficient (Wildman–Crippen LogP) is 3.52. The molecule has 0 aliphatic heterocycles. The fraction of sp³-hybridized carbons (Fsp3) is 0.312. The Balaban J connectivity index is 2.17. The van der Waals surface area contributed by atoms with E-state index >= 15 is 0 Å². The van der Waals surface area contributed by atoms with Crippen molar-refractivity contribution in [1.29, 1.82) is 0 Å². The Bertz CT molecular complexity index is 1020. The zero-order valence-corrected chi connectivity index (χ0v) is 17.7. The SMILES string of the molecule is CC(Sc1nccc(C(F)(F)F)n1)C(=O)Nc1ccc(Cl)c(S(=O)(=O)N(C)C)c1. The average Bonchev–Trinajstić information content (AvgIpc) is 2.62. The first kappa shape index (κ1) is 23.4. The van der Waals surface area contributed by atoms with Crippen LogP contribution in [-0.4, -0.2) is 47.9 Å². The van der Waals surface area contributed by atoms with E-state index in [0.29, 0.717) is 0 Å². The van der Waals surface area contributed by atoms with Crippen molar-refractivity contribution < 1.29 is 26.4 Å². The number of hydrogen-bond donors (Lipinski definition) is 1. The maximum Gasteiger partial charge on any atom is 0.433 e. The summed E-state index contributed by atoms with van der Waals surface area (Å²) in [6.45, 7) is 1.46. The van der Waals surface area contributed by atoms with Crippen LogP contribution in [0.3, 0.4) is 0 Å². The van der Waals surface area contributed by atoms with Gasteiger partial charge < -0.3 is 5.32 Å². The summed E-state index contributed by atoms with van der Waals surface area (Å²) < 4.78 is 63.8. The van der Waals surface area contributed by atoms with Gasteiger partial charge in [-0.05, 0) is 31.2 Å². The van der Waals surface area contributed by atoms with E-state index in [9.17, 15) is 26.4 Å². The largest absolute Gasteiger partial charge is 0.433 e. The maximum absolute atomic E-state index is 12.7. The second kappa shape index (κ2) is 8.86. The molecule has 1 unspecified atom stereocenters. The van der Waals surface area contributed by atoms with Gasteiger partial charge in [-0.3, -0.25) is 4.79 Å². The normalized spacial score (nSPS) is 13.4. The van der Waals surface area contributed by atoms with Crippen LogP contribution in [0.25, 0.3) is 0 Å². The number of halogens is 4. The number of nitrogens with one attached hydrogen (secondary N) is 1. The molecule has 1 aromatic carbocycles. The lowest BCUT2D eigenvalue weighted by Gasteiger charge is -2.15. The van der Waals surface area contributed by atoms with Crippen LogP contribution in [0.15, 0.2) is 40.5 Å². The van der Waals surface area contributed by atoms with Gasteiger partial charge in [0.25, 0.3) is 0 Å². The monoisotopic (exact) mass is 468 g/mol. The lowest BCUT2D eigenvalue weighted by Crippen LogP contribution is -2.24. The molecule has 158 valence electrons. The Morgan fingerprint density at radius 3 is 2.52 bits per heavy atom. The first-order chi connectivity index (χ1) is 13.3. The molecule has 1 heterocycles. The van der Waals surface area contributed by atoms with Crippen molar-refractivity contribution >= 4 is 45.0 Å². The van der Waals surface area contributed by atoms with E-state index in [2.05, 4.69) is 15.3 Å². The zero-order chi connectivity index (χ0) is 22.0. The van der Waals surface area contributed by atoms with Crippen molar-refractivity contribution in [3.05, 3.63) is 41.2 Å². The van der Waals surface area contributed by atoms with Crippen molar-refractivity contribution in [3.8, 4) is 0 Å². The molecule has 0 saturated heterocycles. The van der Waals surface area contributed by atoms with Crippen LogP contribution in [0.2, 0.25) is 5.02 Å². The highest BCUT2D eigenvalue weighted by molar-refractivity contribution is 8.00. The van der Waals surface area contributed by atoms with Crippen molar-refractivity contribution in [3.63, 3.8) is 0 Å². The lowest BCUT2D eigenvalue weighted by molar-refractivity contribution is -0.141. The summed E-state index contributed by atoms with van der Waals surface area (Å²) in [5.74, 6) is -0.577. The number of anilines is 1. The molecule has 0 aliphatic rings. The molecular weight excluding hydrogens is 453 g/mol. The van der Waals surface area contributed by atoms with Gasteiger partial charge in [0.2, 0.25) is 15.9 Å². The summed E-state index contributed by atoms with van der Waals surface area (Å²) >= 11 is 6.68. The number of thioether (sulfide) groups is 1. The second-order valence-corrected chi connectivity index (χ2v) is 9.74. The van der Waals surface area contributed by atoms with Crippen molar-refractivity contribution in [2.75, 3.05) is 19.4 Å². The van der Waals surface area contributed by atoms with Crippen LogP contribution < -0.4 is 5.32 Å². The number of sulfonamides is 1. The van der Waals surface area contributed by atoms with E-state index in [1.165, 1.54) is 39.2 Å². The van der Waals surface area contributed by atoms with Gasteiger partial charge in [-0.15, -0.1) is 0 Å². The van der Waals surface area contributed by atoms with Crippen molar-refractivity contribution in [1.82, 2.24) is 14.3 Å². The van der Waals surface area contributed by atoms with Crippen LogP contribution in [0, 0.1) is 0 Å². The molecule has 29 heavy (non-hydrogen) atoms. The predicted molar refractivity (Wildman–Crippen MR) is 103 cm³/mol. The number of carbonyl (C=O) groups excluding carboxylic acids is 1. The highest BCUT2D eigenvalue weighted by Gasteiger charge is 2.33. The van der Waals surface area contributed by atoms with E-state index in [0.717, 1.165) is 28.3 Å². The lowest BCUT2D eigenvalue weighted by atomic mass is 10.3. The van der Waals surface area contributed by atoms with Crippen LogP contribution in [0.1, 0.15) is 12.6 Å². The minimum atomic E-state index is -4.62. The molecule has 1 aromatic heterocycles. The Labute approximate surface area is 174 Å². The summed E-state index contributed by atoms with van der Waals surface area (Å²) in [5.41, 5.74) is -0.948. The van der Waals surface area contributed by atoms with Gasteiger partial charge in [-0.1, -0.05) is 23.4 Å². The fourth-order valence-corrected chi connectivity index (χ4v) is 4.14. The molecule has 0 radical (unpaired) electrons. The van der Waals surface area contributed by atoms with Crippen molar-refractivity contribution in [2.45, 2.75) is 28.4 Å². The number of nitrogens with zero attached hydrogens (tertiary/aromatic N) is 3. The third-order valence-electron chi connectivity index (χ3n) is 3.53. The standard InChI is InChI=1S/C16H16ClF3N4O3S2/c1-9(28-15-21-7-6-13(23-15)16(18,19)20)14(25)22-10-4-5-11(17)12(8-10)29(26,27)24(2)3/h4-9H,1-3H3,(H,22,25). The summed E-state index contributed by atoms with van der Waals surface area (Å²) in [7, 11) is -1.16. The molecule has 1 amide bonds. The highest BCUT2D eigenvalue weighted by Crippen LogP contribution is 2.30. The Morgan fingerprint density at radius 2 is 1.93 bits per heavy atom. The first-order valence-electron chi connectivity index (χ1n) is 7.92. The third-order valence-corrected chi connectivity index (χ3v) is 6.80. The van der Waals surface area contributed by atoms with Gasteiger partial charge in [0.05, 0.1) is 10.3 Å². The van der Waals surface area contributed by atoms with E-state index < -0.39 is 33.1 Å². The second-order valence-electron chi connectivity index (χ2n) is 5.90. The molecular formula is C16H16ClF3N4O3S2. The van der Waals surface area contributed by atoms with Gasteiger partial charge in [0.15, 0.2) is 5.16 Å². The van der Waals surface area contributed by atoms with E-state index in [1.54, 1.807) is 0 Å². The summed E-state index contributed by atoms with van der Waals surface area (Å²) in [5, 5.41) is 1.42. The smallest absolute Gasteiger partial charge is 0.325 e. The zero-order valence-electron chi connectivity index (χ0n) is 15.4. The summed E-state index contributed by atoms with van der Waals surface area (Å²) in [6, 6.07) is 4.66. The third kappa shape index (κ3) is 5.81. The van der Waals surface area contributed by atoms with Crippen LogP contribution in [0.5, 0.6) is 0 Å². The number of amides is 1. The average molecular weight is 469 g/mol. The van der Waals surface area contributed by atoms with Crippen LogP contribution in [-0.2, 0) is 21.0 Å². The molecule has 1 atom stereocenters. The molecule has 0 aliphatic carbocycles. The maximum atomic E-state index is 12.7. The number of hydrogen-bond acceptors (Lipinski definition) is 6. The highest BCUT2D eigenvalue weighted by atomic mass is 35.5. The molecule has 2 aromatic rings. The molecule has 7 nitrogen and oxygen atoms in total. The molecule has 0 spiro atoms. The summed E-state index contributed by atoms with van der Waals surface area (Å²) in [4.78, 5) is 19.3. The molecule has 0 bridgehead atoms. The van der Waals surface area contributed by atoms with Gasteiger partial charge in [0.1, 0.15) is 10.6 Å². The minimum absolute atomic E-state index is 0.0171. The Morgan fingerprint density at radius 1 is 1.28 bits per heavy atom. The van der Waals surface area contributed by atoms with E-state index in [4.69, 9.17) is 11.6 Å². The van der Waals surface area contributed by atoms with E-state index in [-0.39, 0.29) is 20.8 Å². The summed E-state index contributed by atoms with van der Waals surface area (Å²) in [6.07, 6.45) is -3.66. The number of benzene rings is 1. The number of rotatable bonds is 6. The molecule has 1 N–H and O–H groups in total. The Hall–Kier alpha value is -1.89. The molecule has 0 fully saturated rings. The van der Waals surface area contributed by atoms with Gasteiger partial charge in [-0.2, -0.15) is 13.2 Å². The van der Waals surface area contributed by atoms with Crippen molar-refractivity contribution in [2.24, 2.45) is 0 Å². The number of carbonyl (C=O) groups is 1. The topological polar surface area (TPSA) is 92.3 Å². The molecule has 2 rings (SSSR count). The number of aromatic nitrogens is 2. The fourth-order valence-electron chi connectivity index (χ4n) is 1.99. The Kier molecular flexibility index (Phi) is 7.14. The molecule has 0 saturated carbocycles. The van der Waals surface area contributed by atoms with E-state index in [1.807, 2.05) is 0 Å². The first-order valence-corrected chi connectivity index (χ1v) is 10.6. The van der Waals surface area contributed by atoms with Crippen LogP contribution >= 0.6 is 23.4 Å². The number of alkyl halides is 3. The van der Waals surface area contributed by atoms with Gasteiger partial charge >= 0.3 is 6.18 Å². The molecule has 13 heteroatoms. The van der Waals surface area contributed by atoms with Gasteiger partial charge in [-0.25, -0.2) is 22.7 Å². The van der Waals surface area contributed by atoms with Crippen LogP contribution in [0.4, 0.5) is 18.9 Å².